The van der Waals surface area contributed by atoms with Crippen molar-refractivity contribution in [3.8, 4) is 0 Å². The predicted molar refractivity (Wildman–Crippen MR) is 84.3 cm³/mol. The highest BCUT2D eigenvalue weighted by Gasteiger charge is 2.15. The number of aliphatic carboxylic acids is 1. The number of carboxylic acid groups (broad SMARTS) is 1. The summed E-state index contributed by atoms with van der Waals surface area (Å²) in [6.07, 6.45) is 11.3. The number of carbonyl (C=O) groups excluding carboxylic acids is 1. The molecule has 0 saturated heterocycles. The summed E-state index contributed by atoms with van der Waals surface area (Å²) in [6, 6.07) is 0. The van der Waals surface area contributed by atoms with E-state index in [4.69, 9.17) is 9.84 Å². The molecule has 0 aromatic carbocycles. The Balaban J connectivity index is 3.46. The zero-order valence-corrected chi connectivity index (χ0v) is 13.7. The summed E-state index contributed by atoms with van der Waals surface area (Å²) in [6.45, 7) is 4.05. The molecule has 0 aliphatic rings. The SMILES string of the molecule is CCCCCCCCCCCC(=O)O[C@@H](CC)CC(=O)O. The molecule has 21 heavy (non-hydrogen) atoms. The van der Waals surface area contributed by atoms with Gasteiger partial charge in [-0.1, -0.05) is 65.2 Å². The van der Waals surface area contributed by atoms with Crippen LogP contribution in [-0.2, 0) is 14.3 Å². The first-order valence-electron chi connectivity index (χ1n) is 8.51. The van der Waals surface area contributed by atoms with Crippen molar-refractivity contribution in [1.82, 2.24) is 0 Å². The van der Waals surface area contributed by atoms with Crippen LogP contribution in [0.25, 0.3) is 0 Å². The lowest BCUT2D eigenvalue weighted by Gasteiger charge is -2.13. The van der Waals surface area contributed by atoms with Crippen molar-refractivity contribution in [2.24, 2.45) is 0 Å². The maximum absolute atomic E-state index is 11.6. The smallest absolute Gasteiger partial charge is 0.307 e. The number of rotatable bonds is 14. The van der Waals surface area contributed by atoms with Gasteiger partial charge in [-0.3, -0.25) is 9.59 Å². The van der Waals surface area contributed by atoms with Crippen LogP contribution in [0.2, 0.25) is 0 Å². The van der Waals surface area contributed by atoms with E-state index in [2.05, 4.69) is 6.92 Å². The molecule has 0 spiro atoms. The van der Waals surface area contributed by atoms with Crippen LogP contribution in [0.15, 0.2) is 0 Å². The second-order valence-corrected chi connectivity index (χ2v) is 5.70. The zero-order valence-electron chi connectivity index (χ0n) is 13.7. The molecule has 4 nitrogen and oxygen atoms in total. The Morgan fingerprint density at radius 1 is 0.905 bits per heavy atom. The first kappa shape index (κ1) is 19.9. The molecule has 0 aromatic rings. The van der Waals surface area contributed by atoms with Crippen LogP contribution in [0.1, 0.15) is 90.9 Å². The van der Waals surface area contributed by atoms with Crippen molar-refractivity contribution in [1.29, 1.82) is 0 Å². The third-order valence-corrected chi connectivity index (χ3v) is 3.64. The first-order chi connectivity index (χ1) is 10.1. The number of hydrogen-bond donors (Lipinski definition) is 1. The molecule has 0 amide bonds. The van der Waals surface area contributed by atoms with Crippen LogP contribution < -0.4 is 0 Å². The van der Waals surface area contributed by atoms with Gasteiger partial charge in [-0.15, -0.1) is 0 Å². The molecule has 0 saturated carbocycles. The minimum Gasteiger partial charge on any atom is -0.481 e. The molecular weight excluding hydrogens is 268 g/mol. The fourth-order valence-electron chi connectivity index (χ4n) is 2.29. The molecule has 0 aromatic heterocycles. The molecule has 124 valence electrons. The summed E-state index contributed by atoms with van der Waals surface area (Å²) in [5.41, 5.74) is 0. The highest BCUT2D eigenvalue weighted by Crippen LogP contribution is 2.12. The monoisotopic (exact) mass is 300 g/mol. The summed E-state index contributed by atoms with van der Waals surface area (Å²) in [5, 5.41) is 8.69. The van der Waals surface area contributed by atoms with Gasteiger partial charge >= 0.3 is 11.9 Å². The molecule has 4 heteroatoms. The Kier molecular flexibility index (Phi) is 13.2. The van der Waals surface area contributed by atoms with Gasteiger partial charge in [0.2, 0.25) is 0 Å². The summed E-state index contributed by atoms with van der Waals surface area (Å²) in [4.78, 5) is 22.2. The Morgan fingerprint density at radius 3 is 1.90 bits per heavy atom. The molecule has 1 N–H and O–H groups in total. The Hall–Kier alpha value is -1.06. The maximum atomic E-state index is 11.6. The number of unbranched alkanes of at least 4 members (excludes halogenated alkanes) is 8. The molecule has 0 bridgehead atoms. The number of carboxylic acids is 1. The van der Waals surface area contributed by atoms with Gasteiger partial charge in [-0.05, 0) is 12.8 Å². The van der Waals surface area contributed by atoms with E-state index in [1.807, 2.05) is 6.92 Å². The standard InChI is InChI=1S/C17H32O4/c1-3-5-6-7-8-9-10-11-12-13-17(20)21-15(4-2)14-16(18)19/h15H,3-14H2,1-2H3,(H,18,19)/t15-/m0/s1. The highest BCUT2D eigenvalue weighted by atomic mass is 16.5. The van der Waals surface area contributed by atoms with Crippen LogP contribution in [0.5, 0.6) is 0 Å². The average molecular weight is 300 g/mol. The second kappa shape index (κ2) is 13.9. The quantitative estimate of drug-likeness (QED) is 0.373. The number of hydrogen-bond acceptors (Lipinski definition) is 3. The Morgan fingerprint density at radius 2 is 1.43 bits per heavy atom. The van der Waals surface area contributed by atoms with E-state index in [1.165, 1.54) is 44.9 Å². The summed E-state index contributed by atoms with van der Waals surface area (Å²) >= 11 is 0. The van der Waals surface area contributed by atoms with E-state index >= 15 is 0 Å². The summed E-state index contributed by atoms with van der Waals surface area (Å²) in [7, 11) is 0. The molecule has 0 unspecified atom stereocenters. The van der Waals surface area contributed by atoms with Crippen molar-refractivity contribution in [3.63, 3.8) is 0 Å². The van der Waals surface area contributed by atoms with E-state index in [0.29, 0.717) is 12.8 Å². The second-order valence-electron chi connectivity index (χ2n) is 5.70. The van der Waals surface area contributed by atoms with Gasteiger partial charge in [-0.2, -0.15) is 0 Å². The topological polar surface area (TPSA) is 63.6 Å². The van der Waals surface area contributed by atoms with E-state index < -0.39 is 12.1 Å². The van der Waals surface area contributed by atoms with E-state index in [1.54, 1.807) is 0 Å². The van der Waals surface area contributed by atoms with E-state index in [0.717, 1.165) is 12.8 Å². The van der Waals surface area contributed by atoms with Gasteiger partial charge < -0.3 is 9.84 Å². The molecule has 0 heterocycles. The first-order valence-corrected chi connectivity index (χ1v) is 8.51. The van der Waals surface area contributed by atoms with Gasteiger partial charge in [-0.25, -0.2) is 0 Å². The Bertz CT molecular complexity index is 276. The maximum Gasteiger partial charge on any atom is 0.307 e. The minimum atomic E-state index is -0.919. The molecule has 0 aliphatic heterocycles. The van der Waals surface area contributed by atoms with Crippen molar-refractivity contribution in [2.45, 2.75) is 97.0 Å². The van der Waals surface area contributed by atoms with Gasteiger partial charge in [0.25, 0.3) is 0 Å². The van der Waals surface area contributed by atoms with Crippen LogP contribution in [0.4, 0.5) is 0 Å². The largest absolute Gasteiger partial charge is 0.481 e. The van der Waals surface area contributed by atoms with Crippen molar-refractivity contribution in [3.05, 3.63) is 0 Å². The number of ether oxygens (including phenoxy) is 1. The van der Waals surface area contributed by atoms with Crippen LogP contribution in [-0.4, -0.2) is 23.1 Å². The summed E-state index contributed by atoms with van der Waals surface area (Å²) in [5.74, 6) is -1.18. The van der Waals surface area contributed by atoms with Crippen molar-refractivity contribution < 1.29 is 19.4 Å². The fourth-order valence-corrected chi connectivity index (χ4v) is 2.29. The normalized spacial score (nSPS) is 12.1. The zero-order chi connectivity index (χ0) is 15.9. The molecule has 0 radical (unpaired) electrons. The van der Waals surface area contributed by atoms with Crippen molar-refractivity contribution >= 4 is 11.9 Å². The van der Waals surface area contributed by atoms with Gasteiger partial charge in [0.1, 0.15) is 6.10 Å². The lowest BCUT2D eigenvalue weighted by Crippen LogP contribution is -2.20. The predicted octanol–water partition coefficient (Wildman–Crippen LogP) is 4.70. The summed E-state index contributed by atoms with van der Waals surface area (Å²) < 4.78 is 5.16. The number of carbonyl (C=O) groups is 2. The third kappa shape index (κ3) is 13.7. The van der Waals surface area contributed by atoms with Gasteiger partial charge in [0.15, 0.2) is 0 Å². The van der Waals surface area contributed by atoms with E-state index in [9.17, 15) is 9.59 Å². The van der Waals surface area contributed by atoms with E-state index in [-0.39, 0.29) is 12.4 Å². The lowest BCUT2D eigenvalue weighted by molar-refractivity contribution is -0.153. The van der Waals surface area contributed by atoms with Gasteiger partial charge in [0.05, 0.1) is 6.42 Å². The third-order valence-electron chi connectivity index (χ3n) is 3.64. The van der Waals surface area contributed by atoms with Crippen LogP contribution >= 0.6 is 0 Å². The molecule has 1 atom stereocenters. The average Bonchev–Trinajstić information content (AvgIpc) is 2.44. The molecule has 0 fully saturated rings. The molecular formula is C17H32O4. The minimum absolute atomic E-state index is 0.0972. The van der Waals surface area contributed by atoms with Crippen LogP contribution in [0.3, 0.4) is 0 Å². The number of esters is 1. The molecule has 0 rings (SSSR count). The van der Waals surface area contributed by atoms with Crippen LogP contribution in [0, 0.1) is 0 Å². The van der Waals surface area contributed by atoms with Gasteiger partial charge in [0, 0.05) is 6.42 Å². The van der Waals surface area contributed by atoms with Crippen molar-refractivity contribution in [2.75, 3.05) is 0 Å². The highest BCUT2D eigenvalue weighted by molar-refractivity contribution is 5.71. The molecule has 0 aliphatic carbocycles. The Labute approximate surface area is 129 Å². The lowest BCUT2D eigenvalue weighted by atomic mass is 10.1. The fraction of sp³-hybridized carbons (Fsp3) is 0.882.